The molecule has 1 aliphatic carbocycles. The highest BCUT2D eigenvalue weighted by atomic mass is 16.2. The van der Waals surface area contributed by atoms with E-state index >= 15 is 0 Å². The minimum absolute atomic E-state index is 0.159. The average molecular weight is 233 g/mol. The molecule has 1 atom stereocenters. The van der Waals surface area contributed by atoms with Crippen LogP contribution in [0.5, 0.6) is 0 Å². The first kappa shape index (κ1) is 10.8. The van der Waals surface area contributed by atoms with Crippen molar-refractivity contribution in [3.63, 3.8) is 0 Å². The number of hydrogen-bond acceptors (Lipinski definition) is 2. The van der Waals surface area contributed by atoms with Crippen molar-refractivity contribution in [1.29, 1.82) is 0 Å². The van der Waals surface area contributed by atoms with Gasteiger partial charge in [-0.2, -0.15) is 0 Å². The van der Waals surface area contributed by atoms with Gasteiger partial charge in [0, 0.05) is 24.8 Å². The maximum absolute atomic E-state index is 12.3. The summed E-state index contributed by atoms with van der Waals surface area (Å²) in [6, 6.07) is 4.72. The molecule has 4 heteroatoms. The third-order valence-corrected chi connectivity index (χ3v) is 3.66. The van der Waals surface area contributed by atoms with Crippen molar-refractivity contribution in [1.82, 2.24) is 15.2 Å². The summed E-state index contributed by atoms with van der Waals surface area (Å²) in [4.78, 5) is 17.4. The van der Waals surface area contributed by atoms with E-state index in [0.29, 0.717) is 12.1 Å². The Morgan fingerprint density at radius 2 is 2.29 bits per heavy atom. The van der Waals surface area contributed by atoms with Gasteiger partial charge in [0.15, 0.2) is 0 Å². The SMILES string of the molecule is O=C(c1ccc[nH]1)N(C[C@H]1CCCN1)C1CC1. The molecule has 2 N–H and O–H groups in total. The Balaban J connectivity index is 1.69. The molecule has 92 valence electrons. The molecule has 1 saturated heterocycles. The van der Waals surface area contributed by atoms with Crippen LogP contribution in [-0.4, -0.2) is 41.0 Å². The molecule has 1 aliphatic heterocycles. The van der Waals surface area contributed by atoms with Crippen LogP contribution in [0.4, 0.5) is 0 Å². The highest BCUT2D eigenvalue weighted by molar-refractivity contribution is 5.92. The maximum Gasteiger partial charge on any atom is 0.270 e. The van der Waals surface area contributed by atoms with Crippen LogP contribution < -0.4 is 5.32 Å². The lowest BCUT2D eigenvalue weighted by molar-refractivity contribution is 0.0723. The molecule has 3 rings (SSSR count). The Labute approximate surface area is 101 Å². The Bertz CT molecular complexity index is 377. The van der Waals surface area contributed by atoms with Crippen LogP contribution in [0, 0.1) is 0 Å². The Kier molecular flexibility index (Phi) is 2.89. The van der Waals surface area contributed by atoms with Crippen LogP contribution in [0.2, 0.25) is 0 Å². The van der Waals surface area contributed by atoms with Gasteiger partial charge in [-0.25, -0.2) is 0 Å². The summed E-state index contributed by atoms with van der Waals surface area (Å²) in [6.07, 6.45) is 6.57. The molecule has 4 nitrogen and oxygen atoms in total. The Morgan fingerprint density at radius 1 is 1.41 bits per heavy atom. The molecule has 1 amide bonds. The summed E-state index contributed by atoms with van der Waals surface area (Å²) in [5.41, 5.74) is 0.717. The van der Waals surface area contributed by atoms with Crippen LogP contribution in [0.3, 0.4) is 0 Å². The quantitative estimate of drug-likeness (QED) is 0.825. The minimum Gasteiger partial charge on any atom is -0.357 e. The van der Waals surface area contributed by atoms with E-state index < -0.39 is 0 Å². The standard InChI is InChI=1S/C13H19N3O/c17-13(12-4-2-8-15-12)16(11-5-6-11)9-10-3-1-7-14-10/h2,4,8,10-11,14-15H,1,3,5-7,9H2/t10-/m1/s1. The first-order valence-corrected chi connectivity index (χ1v) is 6.52. The van der Waals surface area contributed by atoms with Gasteiger partial charge in [-0.05, 0) is 44.4 Å². The highest BCUT2D eigenvalue weighted by Crippen LogP contribution is 2.28. The fraction of sp³-hybridized carbons (Fsp3) is 0.615. The fourth-order valence-electron chi connectivity index (χ4n) is 2.55. The lowest BCUT2D eigenvalue weighted by Crippen LogP contribution is -2.42. The number of hydrogen-bond donors (Lipinski definition) is 2. The number of aromatic amines is 1. The largest absolute Gasteiger partial charge is 0.357 e. The number of rotatable bonds is 4. The second kappa shape index (κ2) is 4.53. The van der Waals surface area contributed by atoms with E-state index in [1.807, 2.05) is 18.3 Å². The van der Waals surface area contributed by atoms with Gasteiger partial charge in [-0.3, -0.25) is 4.79 Å². The molecule has 2 aliphatic rings. The monoisotopic (exact) mass is 233 g/mol. The first-order valence-electron chi connectivity index (χ1n) is 6.52. The van der Waals surface area contributed by atoms with Gasteiger partial charge in [-0.1, -0.05) is 0 Å². The van der Waals surface area contributed by atoms with Crippen LogP contribution >= 0.6 is 0 Å². The summed E-state index contributed by atoms with van der Waals surface area (Å²) in [6.45, 7) is 1.96. The predicted molar refractivity (Wildman–Crippen MR) is 65.9 cm³/mol. The van der Waals surface area contributed by atoms with Gasteiger partial charge in [0.05, 0.1) is 0 Å². The lowest BCUT2D eigenvalue weighted by Gasteiger charge is -2.25. The van der Waals surface area contributed by atoms with E-state index in [1.165, 1.54) is 25.7 Å². The molecule has 2 fully saturated rings. The Hall–Kier alpha value is -1.29. The van der Waals surface area contributed by atoms with E-state index in [1.54, 1.807) is 0 Å². The van der Waals surface area contributed by atoms with Crippen LogP contribution in [0.15, 0.2) is 18.3 Å². The maximum atomic E-state index is 12.3. The number of carbonyl (C=O) groups excluding carboxylic acids is 1. The van der Waals surface area contributed by atoms with Gasteiger partial charge < -0.3 is 15.2 Å². The van der Waals surface area contributed by atoms with Gasteiger partial charge in [0.2, 0.25) is 0 Å². The summed E-state index contributed by atoms with van der Waals surface area (Å²) in [5, 5.41) is 3.47. The smallest absolute Gasteiger partial charge is 0.270 e. The highest BCUT2D eigenvalue weighted by Gasteiger charge is 2.35. The predicted octanol–water partition coefficient (Wildman–Crippen LogP) is 1.37. The summed E-state index contributed by atoms with van der Waals surface area (Å²) >= 11 is 0. The minimum atomic E-state index is 0.159. The van der Waals surface area contributed by atoms with Crippen molar-refractivity contribution in [2.24, 2.45) is 0 Å². The van der Waals surface area contributed by atoms with Crippen molar-refractivity contribution >= 4 is 5.91 Å². The van der Waals surface area contributed by atoms with E-state index in [0.717, 1.165) is 18.8 Å². The van der Waals surface area contributed by atoms with Crippen LogP contribution in [-0.2, 0) is 0 Å². The average Bonchev–Trinajstić information content (AvgIpc) is 2.86. The van der Waals surface area contributed by atoms with Crippen molar-refractivity contribution in [3.05, 3.63) is 24.0 Å². The number of nitrogens with one attached hydrogen (secondary N) is 2. The van der Waals surface area contributed by atoms with Crippen molar-refractivity contribution in [2.75, 3.05) is 13.1 Å². The molecule has 0 aromatic carbocycles. The lowest BCUT2D eigenvalue weighted by atomic mass is 10.2. The third kappa shape index (κ3) is 2.36. The van der Waals surface area contributed by atoms with Crippen LogP contribution in [0.25, 0.3) is 0 Å². The molecule has 17 heavy (non-hydrogen) atoms. The normalized spacial score (nSPS) is 23.9. The molecule has 0 spiro atoms. The van der Waals surface area contributed by atoms with Crippen molar-refractivity contribution < 1.29 is 4.79 Å². The molecule has 0 unspecified atom stereocenters. The van der Waals surface area contributed by atoms with Gasteiger partial charge >= 0.3 is 0 Å². The number of nitrogens with zero attached hydrogens (tertiary/aromatic N) is 1. The number of amides is 1. The Morgan fingerprint density at radius 3 is 2.88 bits per heavy atom. The molecule has 1 aromatic heterocycles. The molecule has 0 bridgehead atoms. The zero-order valence-electron chi connectivity index (χ0n) is 9.98. The van der Waals surface area contributed by atoms with Gasteiger partial charge in [0.25, 0.3) is 5.91 Å². The zero-order valence-corrected chi connectivity index (χ0v) is 9.98. The summed E-state index contributed by atoms with van der Waals surface area (Å²) < 4.78 is 0. The van der Waals surface area contributed by atoms with E-state index in [9.17, 15) is 4.79 Å². The second-order valence-electron chi connectivity index (χ2n) is 5.07. The third-order valence-electron chi connectivity index (χ3n) is 3.66. The molecule has 1 aromatic rings. The fourth-order valence-corrected chi connectivity index (χ4v) is 2.55. The zero-order chi connectivity index (χ0) is 11.7. The van der Waals surface area contributed by atoms with E-state index in [4.69, 9.17) is 0 Å². The van der Waals surface area contributed by atoms with Crippen LogP contribution in [0.1, 0.15) is 36.2 Å². The van der Waals surface area contributed by atoms with E-state index in [-0.39, 0.29) is 5.91 Å². The van der Waals surface area contributed by atoms with Gasteiger partial charge in [-0.15, -0.1) is 0 Å². The number of carbonyl (C=O) groups is 1. The summed E-state index contributed by atoms with van der Waals surface area (Å²) in [7, 11) is 0. The molecule has 1 saturated carbocycles. The topological polar surface area (TPSA) is 48.1 Å². The molecular formula is C13H19N3O. The molecular weight excluding hydrogens is 214 g/mol. The second-order valence-corrected chi connectivity index (χ2v) is 5.07. The molecule has 2 heterocycles. The first-order chi connectivity index (χ1) is 8.34. The number of H-pyrrole nitrogens is 1. The molecule has 0 radical (unpaired) electrons. The van der Waals surface area contributed by atoms with Crippen molar-refractivity contribution in [2.45, 2.75) is 37.8 Å². The van der Waals surface area contributed by atoms with Gasteiger partial charge in [0.1, 0.15) is 5.69 Å². The summed E-state index contributed by atoms with van der Waals surface area (Å²) in [5.74, 6) is 0.159. The number of aromatic nitrogens is 1. The van der Waals surface area contributed by atoms with Crippen molar-refractivity contribution in [3.8, 4) is 0 Å². The van der Waals surface area contributed by atoms with E-state index in [2.05, 4.69) is 15.2 Å².